The maximum atomic E-state index is 5.91. The maximum absolute atomic E-state index is 5.91. The summed E-state index contributed by atoms with van der Waals surface area (Å²) in [5.41, 5.74) is 2.59. The normalized spacial score (nSPS) is 10.3. The second kappa shape index (κ2) is 3.00. The van der Waals surface area contributed by atoms with Gasteiger partial charge in [0.15, 0.2) is 0 Å². The summed E-state index contributed by atoms with van der Waals surface area (Å²) in [6, 6.07) is 0. The van der Waals surface area contributed by atoms with Gasteiger partial charge in [-0.3, -0.25) is 4.98 Å². The maximum Gasteiger partial charge on any atom is 0.0662 e. The molecule has 0 aliphatic heterocycles. The predicted molar refractivity (Wildman–Crippen MR) is 48.5 cm³/mol. The molecule has 0 aliphatic rings. The van der Waals surface area contributed by atoms with Crippen LogP contribution < -0.4 is 0 Å². The molecule has 0 spiro atoms. The summed E-state index contributed by atoms with van der Waals surface area (Å²) in [6.45, 7) is 5.64. The minimum Gasteiger partial charge on any atom is -0.255 e. The Morgan fingerprint density at radius 2 is 1.27 bits per heavy atom. The Morgan fingerprint density at radius 3 is 1.64 bits per heavy atom. The average molecular weight is 190 g/mol. The molecule has 11 heavy (non-hydrogen) atoms. The van der Waals surface area contributed by atoms with Gasteiger partial charge < -0.3 is 0 Å². The highest BCUT2D eigenvalue weighted by molar-refractivity contribution is 6.36. The highest BCUT2D eigenvalue weighted by atomic mass is 35.5. The molecule has 0 atom stereocenters. The molecule has 1 rings (SSSR count). The first kappa shape index (κ1) is 8.82. The van der Waals surface area contributed by atoms with Crippen molar-refractivity contribution in [2.24, 2.45) is 0 Å². The van der Waals surface area contributed by atoms with Crippen LogP contribution in [0.4, 0.5) is 0 Å². The van der Waals surface area contributed by atoms with Crippen molar-refractivity contribution in [3.8, 4) is 0 Å². The van der Waals surface area contributed by atoms with Crippen LogP contribution in [0.3, 0.4) is 0 Å². The Morgan fingerprint density at radius 1 is 0.909 bits per heavy atom. The van der Waals surface area contributed by atoms with Crippen LogP contribution in [0.1, 0.15) is 17.0 Å². The minimum atomic E-state index is 0.667. The highest BCUT2D eigenvalue weighted by Crippen LogP contribution is 2.27. The first-order chi connectivity index (χ1) is 5.04. The molecule has 0 aliphatic carbocycles. The Bertz CT molecular complexity index is 268. The zero-order valence-corrected chi connectivity index (χ0v) is 8.22. The van der Waals surface area contributed by atoms with Gasteiger partial charge in [0.1, 0.15) is 0 Å². The first-order valence-electron chi connectivity index (χ1n) is 3.33. The van der Waals surface area contributed by atoms with Gasteiger partial charge in [0.25, 0.3) is 0 Å². The van der Waals surface area contributed by atoms with Gasteiger partial charge in [-0.1, -0.05) is 23.2 Å². The zero-order chi connectivity index (χ0) is 8.59. The minimum absolute atomic E-state index is 0.667. The predicted octanol–water partition coefficient (Wildman–Crippen LogP) is 3.31. The van der Waals surface area contributed by atoms with Gasteiger partial charge in [-0.05, 0) is 26.3 Å². The number of nitrogens with zero attached hydrogens (tertiary/aromatic N) is 1. The molecular formula is C8H9Cl2N. The van der Waals surface area contributed by atoms with Gasteiger partial charge in [-0.2, -0.15) is 0 Å². The van der Waals surface area contributed by atoms with Crippen LogP contribution >= 0.6 is 23.2 Å². The molecule has 1 aromatic heterocycles. The van der Waals surface area contributed by atoms with Crippen LogP contribution in [0, 0.1) is 20.8 Å². The third-order valence-corrected chi connectivity index (χ3v) is 2.74. The van der Waals surface area contributed by atoms with E-state index in [0.29, 0.717) is 10.0 Å². The lowest BCUT2D eigenvalue weighted by Crippen LogP contribution is -1.92. The van der Waals surface area contributed by atoms with E-state index in [1.165, 1.54) is 0 Å². The first-order valence-corrected chi connectivity index (χ1v) is 4.08. The van der Waals surface area contributed by atoms with Crippen molar-refractivity contribution in [1.82, 2.24) is 4.98 Å². The fourth-order valence-corrected chi connectivity index (χ4v) is 1.31. The number of rotatable bonds is 0. The van der Waals surface area contributed by atoms with Crippen molar-refractivity contribution < 1.29 is 0 Å². The molecule has 0 amide bonds. The van der Waals surface area contributed by atoms with Crippen LogP contribution in [0.2, 0.25) is 10.0 Å². The summed E-state index contributed by atoms with van der Waals surface area (Å²) in [4.78, 5) is 4.17. The molecule has 0 unspecified atom stereocenters. The van der Waals surface area contributed by atoms with Crippen molar-refractivity contribution in [1.29, 1.82) is 0 Å². The van der Waals surface area contributed by atoms with Crippen molar-refractivity contribution in [3.05, 3.63) is 27.0 Å². The number of halogens is 2. The van der Waals surface area contributed by atoms with Gasteiger partial charge in [0.05, 0.1) is 21.4 Å². The Balaban J connectivity index is 3.46. The monoisotopic (exact) mass is 189 g/mol. The summed E-state index contributed by atoms with van der Waals surface area (Å²) in [6.07, 6.45) is 0. The standard InChI is InChI=1S/C8H9Cl2N/c1-4-7(9)5(2)11-6(3)8(4)10/h1-3H3. The third-order valence-electron chi connectivity index (χ3n) is 1.63. The highest BCUT2D eigenvalue weighted by Gasteiger charge is 2.07. The van der Waals surface area contributed by atoms with Crippen LogP contribution in [0.15, 0.2) is 0 Å². The molecule has 0 N–H and O–H groups in total. The number of aryl methyl sites for hydroxylation is 2. The van der Waals surface area contributed by atoms with Crippen molar-refractivity contribution >= 4 is 23.2 Å². The van der Waals surface area contributed by atoms with Crippen LogP contribution in [-0.4, -0.2) is 4.98 Å². The number of hydrogen-bond acceptors (Lipinski definition) is 1. The smallest absolute Gasteiger partial charge is 0.0662 e. The van der Waals surface area contributed by atoms with Gasteiger partial charge in [-0.15, -0.1) is 0 Å². The molecule has 1 aromatic rings. The van der Waals surface area contributed by atoms with Gasteiger partial charge >= 0.3 is 0 Å². The molecule has 0 saturated heterocycles. The Hall–Kier alpha value is -0.270. The van der Waals surface area contributed by atoms with E-state index in [1.54, 1.807) is 0 Å². The van der Waals surface area contributed by atoms with E-state index >= 15 is 0 Å². The molecule has 0 saturated carbocycles. The lowest BCUT2D eigenvalue weighted by Gasteiger charge is -2.05. The van der Waals surface area contributed by atoms with Crippen LogP contribution in [0.25, 0.3) is 0 Å². The van der Waals surface area contributed by atoms with Gasteiger partial charge in [0.2, 0.25) is 0 Å². The Kier molecular flexibility index (Phi) is 2.40. The number of aromatic nitrogens is 1. The quantitative estimate of drug-likeness (QED) is 0.611. The summed E-state index contributed by atoms with van der Waals surface area (Å²) in [5, 5.41) is 1.33. The van der Waals surface area contributed by atoms with Crippen LogP contribution in [-0.2, 0) is 0 Å². The third kappa shape index (κ3) is 1.49. The molecule has 0 fully saturated rings. The second-order valence-corrected chi connectivity index (χ2v) is 3.29. The van der Waals surface area contributed by atoms with Gasteiger partial charge in [0, 0.05) is 0 Å². The van der Waals surface area contributed by atoms with E-state index < -0.39 is 0 Å². The lowest BCUT2D eigenvalue weighted by molar-refractivity contribution is 1.10. The molecular weight excluding hydrogens is 181 g/mol. The summed E-state index contributed by atoms with van der Waals surface area (Å²) in [5.74, 6) is 0. The topological polar surface area (TPSA) is 12.9 Å². The summed E-state index contributed by atoms with van der Waals surface area (Å²) >= 11 is 11.8. The fraction of sp³-hybridized carbons (Fsp3) is 0.375. The molecule has 1 heterocycles. The van der Waals surface area contributed by atoms with E-state index in [2.05, 4.69) is 4.98 Å². The number of pyridine rings is 1. The van der Waals surface area contributed by atoms with Crippen molar-refractivity contribution in [2.75, 3.05) is 0 Å². The van der Waals surface area contributed by atoms with Gasteiger partial charge in [-0.25, -0.2) is 0 Å². The SMILES string of the molecule is Cc1nc(C)c(Cl)c(C)c1Cl. The molecule has 0 aromatic carbocycles. The van der Waals surface area contributed by atoms with E-state index in [9.17, 15) is 0 Å². The molecule has 3 heteroatoms. The molecule has 1 nitrogen and oxygen atoms in total. The molecule has 0 radical (unpaired) electrons. The fourth-order valence-electron chi connectivity index (χ4n) is 0.989. The summed E-state index contributed by atoms with van der Waals surface area (Å²) in [7, 11) is 0. The Labute approximate surface area is 76.4 Å². The van der Waals surface area contributed by atoms with E-state index in [4.69, 9.17) is 23.2 Å². The summed E-state index contributed by atoms with van der Waals surface area (Å²) < 4.78 is 0. The number of hydrogen-bond donors (Lipinski definition) is 0. The lowest BCUT2D eigenvalue weighted by atomic mass is 10.2. The van der Waals surface area contributed by atoms with Crippen molar-refractivity contribution in [3.63, 3.8) is 0 Å². The average Bonchev–Trinajstić information content (AvgIpc) is 1.97. The second-order valence-electron chi connectivity index (χ2n) is 2.54. The molecule has 0 bridgehead atoms. The zero-order valence-electron chi connectivity index (χ0n) is 6.70. The van der Waals surface area contributed by atoms with Crippen LogP contribution in [0.5, 0.6) is 0 Å². The van der Waals surface area contributed by atoms with E-state index in [0.717, 1.165) is 17.0 Å². The van der Waals surface area contributed by atoms with E-state index in [1.807, 2.05) is 20.8 Å². The molecule has 60 valence electrons. The van der Waals surface area contributed by atoms with Crippen molar-refractivity contribution in [2.45, 2.75) is 20.8 Å². The van der Waals surface area contributed by atoms with E-state index in [-0.39, 0.29) is 0 Å². The largest absolute Gasteiger partial charge is 0.255 e.